The van der Waals surface area contributed by atoms with Crippen molar-refractivity contribution in [2.24, 2.45) is 5.73 Å². The van der Waals surface area contributed by atoms with Crippen LogP contribution in [0, 0.1) is 5.41 Å². The molecule has 0 saturated carbocycles. The van der Waals surface area contributed by atoms with Gasteiger partial charge in [0.1, 0.15) is 17.6 Å². The molecule has 2 atom stereocenters. The van der Waals surface area contributed by atoms with Crippen molar-refractivity contribution in [3.05, 3.63) is 81.8 Å². The Labute approximate surface area is 228 Å². The van der Waals surface area contributed by atoms with Gasteiger partial charge in [-0.2, -0.15) is 0 Å². The average molecular weight is 549 g/mol. The Morgan fingerprint density at radius 3 is 2.48 bits per heavy atom. The van der Waals surface area contributed by atoms with E-state index in [9.17, 15) is 14.7 Å². The van der Waals surface area contributed by atoms with Crippen LogP contribution in [0.1, 0.15) is 48.5 Å². The highest BCUT2D eigenvalue weighted by atomic mass is 16.5. The van der Waals surface area contributed by atoms with Gasteiger partial charge < -0.3 is 30.4 Å². The fourth-order valence-corrected chi connectivity index (χ4v) is 4.05. The van der Waals surface area contributed by atoms with Crippen molar-refractivity contribution in [1.29, 1.82) is 5.41 Å². The third-order valence-electron chi connectivity index (χ3n) is 5.80. The number of aliphatic hydroxyl groups excluding tert-OH is 1. The zero-order valence-corrected chi connectivity index (χ0v) is 22.1. The monoisotopic (exact) mass is 548 g/mol. The van der Waals surface area contributed by atoms with Gasteiger partial charge in [0.2, 0.25) is 0 Å². The number of aromatic nitrogens is 5. The Kier molecular flexibility index (Phi) is 8.09. The molecule has 0 saturated heterocycles. The number of methoxy groups -OCH3 is 2. The molecule has 14 nitrogen and oxygen atoms in total. The number of carbonyl (C=O) groups excluding carboxylic acids is 1. The van der Waals surface area contributed by atoms with Gasteiger partial charge in [-0.05, 0) is 42.8 Å². The number of ether oxygens (including phenoxy) is 3. The van der Waals surface area contributed by atoms with E-state index in [2.05, 4.69) is 25.4 Å². The van der Waals surface area contributed by atoms with E-state index in [-0.39, 0.29) is 28.9 Å². The second-order valence-corrected chi connectivity index (χ2v) is 8.59. The minimum absolute atomic E-state index is 0.0636. The molecule has 0 spiro atoms. The molecule has 0 bridgehead atoms. The molecule has 14 heteroatoms. The first-order valence-corrected chi connectivity index (χ1v) is 12.0. The maximum Gasteiger partial charge on any atom is 0.350 e. The van der Waals surface area contributed by atoms with Crippen molar-refractivity contribution in [1.82, 2.24) is 24.7 Å². The number of hydrogen-bond acceptors (Lipinski definition) is 11. The van der Waals surface area contributed by atoms with Crippen LogP contribution in [0.3, 0.4) is 0 Å². The molecule has 2 aromatic heterocycles. The van der Waals surface area contributed by atoms with E-state index in [0.29, 0.717) is 28.3 Å². The standard InChI is InChI=1S/C26H28N8O6/c1-13(35)18-10-15(11-20(38-3)22(18)39-4)21(24-32-26(37)34(33-24)25-29-8-5-9-30-25)31-16-6-7-17(23(27)28)19(12-16)40-14(2)36/h5-13,21,31,35H,1-4H3,(H3,27,28)(H,32,33,37). The van der Waals surface area contributed by atoms with E-state index in [1.165, 1.54) is 45.7 Å². The van der Waals surface area contributed by atoms with Crippen LogP contribution in [0.25, 0.3) is 5.95 Å². The Morgan fingerprint density at radius 2 is 1.88 bits per heavy atom. The molecule has 0 aliphatic heterocycles. The number of nitrogens with one attached hydrogen (secondary N) is 3. The number of amidine groups is 1. The fourth-order valence-electron chi connectivity index (χ4n) is 4.05. The van der Waals surface area contributed by atoms with Gasteiger partial charge >= 0.3 is 11.7 Å². The molecule has 2 heterocycles. The third-order valence-corrected chi connectivity index (χ3v) is 5.80. The molecule has 4 rings (SSSR count). The van der Waals surface area contributed by atoms with Crippen LogP contribution in [0.2, 0.25) is 0 Å². The van der Waals surface area contributed by atoms with Crippen LogP contribution in [-0.4, -0.2) is 55.9 Å². The normalized spacial score (nSPS) is 12.3. The summed E-state index contributed by atoms with van der Waals surface area (Å²) in [5, 5.41) is 26.0. The summed E-state index contributed by atoms with van der Waals surface area (Å²) in [6.07, 6.45) is 2.04. The number of carbonyl (C=O) groups is 1. The molecular weight excluding hydrogens is 520 g/mol. The van der Waals surface area contributed by atoms with Crippen LogP contribution in [0.4, 0.5) is 5.69 Å². The van der Waals surface area contributed by atoms with Crippen LogP contribution >= 0.6 is 0 Å². The van der Waals surface area contributed by atoms with E-state index in [1.54, 1.807) is 31.2 Å². The molecule has 4 aromatic rings. The van der Waals surface area contributed by atoms with E-state index in [0.717, 1.165) is 4.68 Å². The summed E-state index contributed by atoms with van der Waals surface area (Å²) in [6.45, 7) is 2.82. The van der Waals surface area contributed by atoms with Gasteiger partial charge in [-0.1, -0.05) is 0 Å². The second kappa shape index (κ2) is 11.7. The number of esters is 1. The highest BCUT2D eigenvalue weighted by molar-refractivity contribution is 5.98. The molecule has 0 aliphatic rings. The number of nitrogens with zero attached hydrogens (tertiary/aromatic N) is 4. The lowest BCUT2D eigenvalue weighted by atomic mass is 9.98. The quantitative estimate of drug-likeness (QED) is 0.0837. The molecule has 0 radical (unpaired) electrons. The first-order chi connectivity index (χ1) is 19.1. The van der Waals surface area contributed by atoms with E-state index in [4.69, 9.17) is 25.4 Å². The van der Waals surface area contributed by atoms with Gasteiger partial charge in [0.25, 0.3) is 5.95 Å². The zero-order valence-electron chi connectivity index (χ0n) is 22.1. The number of aliphatic hydroxyl groups is 1. The molecule has 2 aromatic carbocycles. The van der Waals surface area contributed by atoms with Crippen LogP contribution in [-0.2, 0) is 4.79 Å². The lowest BCUT2D eigenvalue weighted by molar-refractivity contribution is -0.131. The molecule has 40 heavy (non-hydrogen) atoms. The Hall–Kier alpha value is -5.24. The highest BCUT2D eigenvalue weighted by Gasteiger charge is 2.26. The van der Waals surface area contributed by atoms with Crippen molar-refractivity contribution in [3.8, 4) is 23.2 Å². The van der Waals surface area contributed by atoms with Crippen molar-refractivity contribution in [2.75, 3.05) is 19.5 Å². The molecule has 0 fully saturated rings. The first kappa shape index (κ1) is 27.8. The molecule has 208 valence electrons. The Balaban J connectivity index is 1.90. The summed E-state index contributed by atoms with van der Waals surface area (Å²) in [5.74, 6) is 0.107. The van der Waals surface area contributed by atoms with Gasteiger partial charge in [0.05, 0.1) is 25.9 Å². The van der Waals surface area contributed by atoms with Crippen LogP contribution < -0.4 is 31.0 Å². The SMILES string of the molecule is COc1cc(C(Nc2ccc(C(=N)N)c(OC(C)=O)c2)c2nn(-c3ncccn3)c(=O)[nH]2)cc(C(C)O)c1OC. The largest absolute Gasteiger partial charge is 0.493 e. The minimum Gasteiger partial charge on any atom is -0.493 e. The predicted octanol–water partition coefficient (Wildman–Crippen LogP) is 1.83. The number of nitrogen functional groups attached to an aromatic ring is 1. The zero-order chi connectivity index (χ0) is 29.0. The third kappa shape index (κ3) is 5.76. The average Bonchev–Trinajstić information content (AvgIpc) is 3.32. The lowest BCUT2D eigenvalue weighted by Crippen LogP contribution is -2.18. The van der Waals surface area contributed by atoms with Gasteiger partial charge in [0.15, 0.2) is 17.3 Å². The van der Waals surface area contributed by atoms with Crippen molar-refractivity contribution in [3.63, 3.8) is 0 Å². The summed E-state index contributed by atoms with van der Waals surface area (Å²) >= 11 is 0. The minimum atomic E-state index is -0.927. The Bertz CT molecular complexity index is 1600. The topological polar surface area (TPSA) is 203 Å². The summed E-state index contributed by atoms with van der Waals surface area (Å²) in [4.78, 5) is 35.5. The summed E-state index contributed by atoms with van der Waals surface area (Å²) in [5.41, 5.74) is 6.70. The maximum atomic E-state index is 12.9. The maximum absolute atomic E-state index is 12.9. The second-order valence-electron chi connectivity index (χ2n) is 8.59. The van der Waals surface area contributed by atoms with Gasteiger partial charge in [-0.25, -0.2) is 14.8 Å². The Morgan fingerprint density at radius 1 is 1.15 bits per heavy atom. The first-order valence-electron chi connectivity index (χ1n) is 12.0. The van der Waals surface area contributed by atoms with Crippen molar-refractivity contribution in [2.45, 2.75) is 26.0 Å². The smallest absolute Gasteiger partial charge is 0.350 e. The fraction of sp³-hybridized carbons (Fsp3) is 0.231. The van der Waals surface area contributed by atoms with Crippen molar-refractivity contribution >= 4 is 17.5 Å². The van der Waals surface area contributed by atoms with Crippen LogP contribution in [0.5, 0.6) is 17.2 Å². The summed E-state index contributed by atoms with van der Waals surface area (Å²) in [7, 11) is 2.93. The van der Waals surface area contributed by atoms with Gasteiger partial charge in [-0.3, -0.25) is 15.2 Å². The molecular formula is C26H28N8O6. The number of aromatic amines is 1. The van der Waals surface area contributed by atoms with Gasteiger partial charge in [0, 0.05) is 36.6 Å². The number of benzene rings is 2. The van der Waals surface area contributed by atoms with E-state index >= 15 is 0 Å². The number of nitrogens with two attached hydrogens (primary N) is 1. The summed E-state index contributed by atoms with van der Waals surface area (Å²) in [6, 6.07) is 8.78. The number of anilines is 1. The number of hydrogen-bond donors (Lipinski definition) is 5. The highest BCUT2D eigenvalue weighted by Crippen LogP contribution is 2.39. The number of H-pyrrole nitrogens is 1. The molecule has 0 aliphatic carbocycles. The van der Waals surface area contributed by atoms with Gasteiger partial charge in [-0.15, -0.1) is 9.78 Å². The molecule has 0 amide bonds. The van der Waals surface area contributed by atoms with Crippen LogP contribution in [0.15, 0.2) is 53.6 Å². The van der Waals surface area contributed by atoms with E-state index in [1.807, 2.05) is 0 Å². The molecule has 6 N–H and O–H groups in total. The van der Waals surface area contributed by atoms with Crippen molar-refractivity contribution < 1.29 is 24.1 Å². The molecule has 2 unspecified atom stereocenters. The van der Waals surface area contributed by atoms with E-state index < -0.39 is 23.8 Å². The lowest BCUT2D eigenvalue weighted by Gasteiger charge is -2.23. The summed E-state index contributed by atoms with van der Waals surface area (Å²) < 4.78 is 17.3. The number of rotatable bonds is 10. The predicted molar refractivity (Wildman–Crippen MR) is 144 cm³/mol.